The SMILES string of the molecule is C[C@H](NC(=O)Cc1ccc(Cl)c(Cl)c1)c1cc2ccccc2o1. The standard InChI is InChI=1S/C18H15Cl2NO2/c1-11(17-10-13-4-2-3-5-16(13)23-17)21-18(22)9-12-6-7-14(19)15(20)8-12/h2-8,10-11H,9H2,1H3,(H,21,22)/t11-/m0/s1. The summed E-state index contributed by atoms with van der Waals surface area (Å²) in [5.74, 6) is 0.630. The van der Waals surface area contributed by atoms with Crippen molar-refractivity contribution in [2.45, 2.75) is 19.4 Å². The van der Waals surface area contributed by atoms with E-state index in [4.69, 9.17) is 27.6 Å². The van der Waals surface area contributed by atoms with Crippen LogP contribution >= 0.6 is 23.2 Å². The van der Waals surface area contributed by atoms with Gasteiger partial charge in [0, 0.05) is 5.39 Å². The number of nitrogens with one attached hydrogen (secondary N) is 1. The molecule has 0 saturated heterocycles. The third-order valence-corrected chi connectivity index (χ3v) is 4.34. The number of fused-ring (bicyclic) bond motifs is 1. The molecule has 1 amide bonds. The first-order chi connectivity index (χ1) is 11.0. The molecule has 0 aliphatic carbocycles. The van der Waals surface area contributed by atoms with Gasteiger partial charge in [0.25, 0.3) is 0 Å². The van der Waals surface area contributed by atoms with Crippen molar-refractivity contribution in [3.63, 3.8) is 0 Å². The summed E-state index contributed by atoms with van der Waals surface area (Å²) in [4.78, 5) is 12.2. The van der Waals surface area contributed by atoms with Crippen molar-refractivity contribution in [2.75, 3.05) is 0 Å². The van der Waals surface area contributed by atoms with Gasteiger partial charge >= 0.3 is 0 Å². The van der Waals surface area contributed by atoms with Gasteiger partial charge in [-0.2, -0.15) is 0 Å². The first kappa shape index (κ1) is 15.9. The van der Waals surface area contributed by atoms with Crippen molar-refractivity contribution < 1.29 is 9.21 Å². The molecule has 1 aromatic heterocycles. The lowest BCUT2D eigenvalue weighted by Gasteiger charge is -2.11. The first-order valence-corrected chi connectivity index (χ1v) is 8.00. The summed E-state index contributed by atoms with van der Waals surface area (Å²) in [6.07, 6.45) is 0.238. The molecule has 1 N–H and O–H groups in total. The Morgan fingerprint density at radius 3 is 2.65 bits per heavy atom. The number of carbonyl (C=O) groups is 1. The number of carbonyl (C=O) groups excluding carboxylic acids is 1. The maximum atomic E-state index is 12.2. The molecule has 3 nitrogen and oxygen atoms in total. The summed E-state index contributed by atoms with van der Waals surface area (Å²) >= 11 is 11.8. The average Bonchev–Trinajstić information content (AvgIpc) is 2.95. The van der Waals surface area contributed by atoms with Crippen molar-refractivity contribution >= 4 is 40.1 Å². The van der Waals surface area contributed by atoms with E-state index in [1.54, 1.807) is 18.2 Å². The molecule has 5 heteroatoms. The van der Waals surface area contributed by atoms with Gasteiger partial charge in [-0.05, 0) is 36.8 Å². The zero-order valence-corrected chi connectivity index (χ0v) is 14.0. The van der Waals surface area contributed by atoms with Crippen LogP contribution in [-0.4, -0.2) is 5.91 Å². The number of halogens is 2. The highest BCUT2D eigenvalue weighted by Gasteiger charge is 2.14. The van der Waals surface area contributed by atoms with E-state index < -0.39 is 0 Å². The van der Waals surface area contributed by atoms with Crippen molar-refractivity contribution in [1.82, 2.24) is 5.32 Å². The van der Waals surface area contributed by atoms with Gasteiger partial charge in [-0.3, -0.25) is 4.79 Å². The number of hydrogen-bond donors (Lipinski definition) is 1. The van der Waals surface area contributed by atoms with E-state index >= 15 is 0 Å². The van der Waals surface area contributed by atoms with Crippen LogP contribution in [0, 0.1) is 0 Å². The lowest BCUT2D eigenvalue weighted by atomic mass is 10.1. The summed E-state index contributed by atoms with van der Waals surface area (Å²) < 4.78 is 5.76. The van der Waals surface area contributed by atoms with Crippen LogP contribution in [0.5, 0.6) is 0 Å². The van der Waals surface area contributed by atoms with Gasteiger partial charge in [-0.1, -0.05) is 47.5 Å². The zero-order valence-electron chi connectivity index (χ0n) is 12.5. The summed E-state index contributed by atoms with van der Waals surface area (Å²) in [5.41, 5.74) is 1.63. The third kappa shape index (κ3) is 3.69. The Morgan fingerprint density at radius 2 is 1.91 bits per heavy atom. The van der Waals surface area contributed by atoms with Gasteiger partial charge in [0.15, 0.2) is 0 Å². The number of para-hydroxylation sites is 1. The quantitative estimate of drug-likeness (QED) is 0.708. The highest BCUT2D eigenvalue weighted by Crippen LogP contribution is 2.24. The van der Waals surface area contributed by atoms with Crippen molar-refractivity contribution in [3.8, 4) is 0 Å². The second-order valence-corrected chi connectivity index (χ2v) is 6.22. The maximum absolute atomic E-state index is 12.2. The van der Waals surface area contributed by atoms with Crippen LogP contribution < -0.4 is 5.32 Å². The molecule has 0 fully saturated rings. The predicted molar refractivity (Wildman–Crippen MR) is 92.9 cm³/mol. The predicted octanol–water partition coefficient (Wildman–Crippen LogP) is 5.16. The molecule has 3 rings (SSSR count). The number of hydrogen-bond acceptors (Lipinski definition) is 2. The van der Waals surface area contributed by atoms with Gasteiger partial charge in [-0.15, -0.1) is 0 Å². The third-order valence-electron chi connectivity index (χ3n) is 3.60. The number of furan rings is 1. The van der Waals surface area contributed by atoms with Gasteiger partial charge in [-0.25, -0.2) is 0 Å². The summed E-state index contributed by atoms with van der Waals surface area (Å²) in [6.45, 7) is 1.89. The molecule has 0 aliphatic rings. The Hall–Kier alpha value is -1.97. The minimum absolute atomic E-state index is 0.101. The monoisotopic (exact) mass is 347 g/mol. The van der Waals surface area contributed by atoms with Gasteiger partial charge in [0.05, 0.1) is 22.5 Å². The summed E-state index contributed by atoms with van der Waals surface area (Å²) in [6, 6.07) is 14.7. The van der Waals surface area contributed by atoms with E-state index in [2.05, 4.69) is 5.32 Å². The van der Waals surface area contributed by atoms with Gasteiger partial charge in [0.1, 0.15) is 11.3 Å². The van der Waals surface area contributed by atoms with E-state index in [1.807, 2.05) is 37.3 Å². The van der Waals surface area contributed by atoms with Crippen LogP contribution in [-0.2, 0) is 11.2 Å². The van der Waals surface area contributed by atoms with Gasteiger partial charge in [0.2, 0.25) is 5.91 Å². The molecular weight excluding hydrogens is 333 g/mol. The van der Waals surface area contributed by atoms with E-state index in [9.17, 15) is 4.79 Å². The molecule has 0 radical (unpaired) electrons. The highest BCUT2D eigenvalue weighted by atomic mass is 35.5. The van der Waals surface area contributed by atoms with Crippen molar-refractivity contribution in [2.24, 2.45) is 0 Å². The average molecular weight is 348 g/mol. The molecule has 0 saturated carbocycles. The minimum Gasteiger partial charge on any atom is -0.459 e. The molecule has 3 aromatic rings. The largest absolute Gasteiger partial charge is 0.459 e. The van der Waals surface area contributed by atoms with Crippen LogP contribution in [0.2, 0.25) is 10.0 Å². The Bertz CT molecular complexity index is 824. The van der Waals surface area contributed by atoms with E-state index in [-0.39, 0.29) is 18.4 Å². The van der Waals surface area contributed by atoms with E-state index in [0.29, 0.717) is 10.0 Å². The maximum Gasteiger partial charge on any atom is 0.224 e. The lowest BCUT2D eigenvalue weighted by molar-refractivity contribution is -0.121. The van der Waals surface area contributed by atoms with E-state index in [1.165, 1.54) is 0 Å². The topological polar surface area (TPSA) is 42.2 Å². The van der Waals surface area contributed by atoms with Crippen LogP contribution in [0.1, 0.15) is 24.3 Å². The van der Waals surface area contributed by atoms with Crippen LogP contribution in [0.3, 0.4) is 0 Å². The number of benzene rings is 2. The van der Waals surface area contributed by atoms with Crippen molar-refractivity contribution in [3.05, 3.63) is 69.9 Å². The Kier molecular flexibility index (Phi) is 4.60. The molecule has 0 bridgehead atoms. The van der Waals surface area contributed by atoms with Crippen molar-refractivity contribution in [1.29, 1.82) is 0 Å². The fourth-order valence-corrected chi connectivity index (χ4v) is 2.74. The van der Waals surface area contributed by atoms with Crippen LogP contribution in [0.25, 0.3) is 11.0 Å². The van der Waals surface area contributed by atoms with E-state index in [0.717, 1.165) is 22.3 Å². The molecule has 0 aliphatic heterocycles. The molecule has 118 valence electrons. The normalized spacial score (nSPS) is 12.3. The molecule has 2 aromatic carbocycles. The first-order valence-electron chi connectivity index (χ1n) is 7.24. The fourth-order valence-electron chi connectivity index (χ4n) is 2.41. The molecule has 0 unspecified atom stereocenters. The van der Waals surface area contributed by atoms with Gasteiger partial charge < -0.3 is 9.73 Å². The smallest absolute Gasteiger partial charge is 0.224 e. The Morgan fingerprint density at radius 1 is 1.13 bits per heavy atom. The second kappa shape index (κ2) is 6.65. The van der Waals surface area contributed by atoms with Crippen LogP contribution in [0.15, 0.2) is 52.9 Å². The fraction of sp³-hybridized carbons (Fsp3) is 0.167. The molecule has 23 heavy (non-hydrogen) atoms. The minimum atomic E-state index is -0.210. The molecule has 1 heterocycles. The number of amides is 1. The van der Waals surface area contributed by atoms with Crippen LogP contribution in [0.4, 0.5) is 0 Å². The summed E-state index contributed by atoms with van der Waals surface area (Å²) in [7, 11) is 0. The lowest BCUT2D eigenvalue weighted by Crippen LogP contribution is -2.27. The molecule has 0 spiro atoms. The highest BCUT2D eigenvalue weighted by molar-refractivity contribution is 6.42. The number of rotatable bonds is 4. The Balaban J connectivity index is 1.67. The zero-order chi connectivity index (χ0) is 16.4. The second-order valence-electron chi connectivity index (χ2n) is 5.40. The molecular formula is C18H15Cl2NO2. The molecule has 1 atom stereocenters. The Labute approximate surface area is 144 Å². The summed E-state index contributed by atoms with van der Waals surface area (Å²) in [5, 5.41) is 4.88.